The molecule has 6 heteroatoms. The van der Waals surface area contributed by atoms with E-state index >= 15 is 0 Å². The Balaban J connectivity index is 2.08. The first-order valence-electron chi connectivity index (χ1n) is 7.14. The Kier molecular flexibility index (Phi) is 5.43. The van der Waals surface area contributed by atoms with E-state index in [0.717, 1.165) is 10.2 Å². The van der Waals surface area contributed by atoms with Crippen molar-refractivity contribution in [1.82, 2.24) is 15.1 Å². The number of carbonyl (C=O) groups is 1. The first-order valence-corrected chi connectivity index (χ1v) is 7.14. The summed E-state index contributed by atoms with van der Waals surface area (Å²) in [6.07, 6.45) is 0.000504. The zero-order valence-electron chi connectivity index (χ0n) is 12.4. The fourth-order valence-electron chi connectivity index (χ4n) is 1.94. The molecule has 1 amide bonds. The van der Waals surface area contributed by atoms with E-state index in [4.69, 9.17) is 5.11 Å². The van der Waals surface area contributed by atoms with Crippen LogP contribution in [0.25, 0.3) is 11.3 Å². The van der Waals surface area contributed by atoms with Gasteiger partial charge in [-0.2, -0.15) is 5.10 Å². The van der Waals surface area contributed by atoms with Gasteiger partial charge in [-0.3, -0.25) is 9.59 Å². The standard InChI is InChI=1S/C16H19N3O3/c1-12(20)9-10-17-15(21)11-19-16(22)8-7-14(18-19)13-5-3-2-4-6-13/h2-8,12,20H,9-11H2,1H3,(H,17,21). The molecule has 1 unspecified atom stereocenters. The molecule has 0 saturated heterocycles. The highest BCUT2D eigenvalue weighted by atomic mass is 16.3. The molecule has 1 atom stereocenters. The predicted molar refractivity (Wildman–Crippen MR) is 83.2 cm³/mol. The monoisotopic (exact) mass is 301 g/mol. The molecule has 0 bridgehead atoms. The van der Waals surface area contributed by atoms with Crippen molar-refractivity contribution in [3.8, 4) is 11.3 Å². The lowest BCUT2D eigenvalue weighted by molar-refractivity contribution is -0.121. The smallest absolute Gasteiger partial charge is 0.267 e. The molecule has 116 valence electrons. The van der Waals surface area contributed by atoms with E-state index < -0.39 is 6.10 Å². The highest BCUT2D eigenvalue weighted by molar-refractivity contribution is 5.75. The Labute approximate surface area is 128 Å². The van der Waals surface area contributed by atoms with Gasteiger partial charge in [0.05, 0.1) is 11.8 Å². The van der Waals surface area contributed by atoms with E-state index in [-0.39, 0.29) is 18.0 Å². The molecule has 0 saturated carbocycles. The van der Waals surface area contributed by atoms with Gasteiger partial charge in [0.2, 0.25) is 5.91 Å². The summed E-state index contributed by atoms with van der Waals surface area (Å²) in [4.78, 5) is 23.6. The summed E-state index contributed by atoms with van der Waals surface area (Å²) in [6.45, 7) is 1.88. The van der Waals surface area contributed by atoms with Gasteiger partial charge in [0.1, 0.15) is 6.54 Å². The average molecular weight is 301 g/mol. The van der Waals surface area contributed by atoms with Crippen molar-refractivity contribution in [3.63, 3.8) is 0 Å². The molecule has 1 aromatic carbocycles. The van der Waals surface area contributed by atoms with E-state index in [1.54, 1.807) is 13.0 Å². The second kappa shape index (κ2) is 7.51. The second-order valence-electron chi connectivity index (χ2n) is 5.07. The van der Waals surface area contributed by atoms with Crippen LogP contribution in [0.4, 0.5) is 0 Å². The van der Waals surface area contributed by atoms with Crippen molar-refractivity contribution in [1.29, 1.82) is 0 Å². The predicted octanol–water partition coefficient (Wildman–Crippen LogP) is 0.797. The fourth-order valence-corrected chi connectivity index (χ4v) is 1.94. The largest absolute Gasteiger partial charge is 0.393 e. The highest BCUT2D eigenvalue weighted by Gasteiger charge is 2.08. The summed E-state index contributed by atoms with van der Waals surface area (Å²) >= 11 is 0. The van der Waals surface area contributed by atoms with E-state index in [1.165, 1.54) is 6.07 Å². The van der Waals surface area contributed by atoms with Gasteiger partial charge in [0, 0.05) is 18.2 Å². The van der Waals surface area contributed by atoms with E-state index in [2.05, 4.69) is 10.4 Å². The summed E-state index contributed by atoms with van der Waals surface area (Å²) in [5.74, 6) is -0.305. The number of nitrogens with one attached hydrogen (secondary N) is 1. The minimum atomic E-state index is -0.470. The highest BCUT2D eigenvalue weighted by Crippen LogP contribution is 2.13. The molecule has 0 aliphatic heterocycles. The number of carbonyl (C=O) groups excluding carboxylic acids is 1. The molecular formula is C16H19N3O3. The average Bonchev–Trinajstić information content (AvgIpc) is 2.50. The molecule has 0 fully saturated rings. The molecule has 6 nitrogen and oxygen atoms in total. The van der Waals surface area contributed by atoms with Crippen molar-refractivity contribution in [2.24, 2.45) is 0 Å². The van der Waals surface area contributed by atoms with Gasteiger partial charge in [0.25, 0.3) is 5.56 Å². The van der Waals surface area contributed by atoms with E-state index in [0.29, 0.717) is 18.7 Å². The van der Waals surface area contributed by atoms with Crippen molar-refractivity contribution < 1.29 is 9.90 Å². The van der Waals surface area contributed by atoms with E-state index in [9.17, 15) is 9.59 Å². The minimum absolute atomic E-state index is 0.140. The number of amides is 1. The third kappa shape index (κ3) is 4.53. The maximum absolute atomic E-state index is 11.8. The molecule has 2 N–H and O–H groups in total. The van der Waals surface area contributed by atoms with Gasteiger partial charge < -0.3 is 10.4 Å². The summed E-state index contributed by atoms with van der Waals surface area (Å²) in [5.41, 5.74) is 1.19. The third-order valence-corrected chi connectivity index (χ3v) is 3.11. The summed E-state index contributed by atoms with van der Waals surface area (Å²) in [7, 11) is 0. The summed E-state index contributed by atoms with van der Waals surface area (Å²) in [5, 5.41) is 16.0. The molecule has 0 aliphatic rings. The van der Waals surface area contributed by atoms with Gasteiger partial charge in [-0.05, 0) is 19.4 Å². The number of aliphatic hydroxyl groups excluding tert-OH is 1. The Morgan fingerprint density at radius 3 is 2.68 bits per heavy atom. The first-order chi connectivity index (χ1) is 10.6. The Bertz CT molecular complexity index is 681. The number of hydrogen-bond acceptors (Lipinski definition) is 4. The van der Waals surface area contributed by atoms with Crippen LogP contribution in [0.1, 0.15) is 13.3 Å². The molecule has 1 heterocycles. The topological polar surface area (TPSA) is 84.2 Å². The van der Waals surface area contributed by atoms with Crippen LogP contribution in [0.15, 0.2) is 47.3 Å². The first kappa shape index (κ1) is 15.9. The summed E-state index contributed by atoms with van der Waals surface area (Å²) in [6, 6.07) is 12.5. The normalized spacial score (nSPS) is 11.9. The van der Waals surface area contributed by atoms with Gasteiger partial charge in [-0.15, -0.1) is 0 Å². The van der Waals surface area contributed by atoms with Crippen LogP contribution in [-0.2, 0) is 11.3 Å². The lowest BCUT2D eigenvalue weighted by Crippen LogP contribution is -2.34. The van der Waals surface area contributed by atoms with Crippen molar-refractivity contribution >= 4 is 5.91 Å². The number of hydrogen-bond donors (Lipinski definition) is 2. The number of benzene rings is 1. The van der Waals surface area contributed by atoms with Crippen LogP contribution in [-0.4, -0.2) is 33.4 Å². The van der Waals surface area contributed by atoms with Crippen molar-refractivity contribution in [2.45, 2.75) is 26.0 Å². The van der Waals surface area contributed by atoms with Crippen LogP contribution in [0.2, 0.25) is 0 Å². The Morgan fingerprint density at radius 2 is 2.00 bits per heavy atom. The van der Waals surface area contributed by atoms with Crippen molar-refractivity contribution in [3.05, 3.63) is 52.8 Å². The van der Waals surface area contributed by atoms with Crippen LogP contribution >= 0.6 is 0 Å². The second-order valence-corrected chi connectivity index (χ2v) is 5.07. The number of aromatic nitrogens is 2. The van der Waals surface area contributed by atoms with Crippen LogP contribution in [0.3, 0.4) is 0 Å². The fraction of sp³-hybridized carbons (Fsp3) is 0.312. The lowest BCUT2D eigenvalue weighted by atomic mass is 10.1. The van der Waals surface area contributed by atoms with Crippen LogP contribution < -0.4 is 10.9 Å². The quantitative estimate of drug-likeness (QED) is 0.826. The van der Waals surface area contributed by atoms with Crippen molar-refractivity contribution in [2.75, 3.05) is 6.54 Å². The molecule has 22 heavy (non-hydrogen) atoms. The number of aliphatic hydroxyl groups is 1. The number of nitrogens with zero attached hydrogens (tertiary/aromatic N) is 2. The van der Waals surface area contributed by atoms with Crippen LogP contribution in [0, 0.1) is 0 Å². The molecule has 2 aromatic rings. The molecule has 0 spiro atoms. The van der Waals surface area contributed by atoms with Gasteiger partial charge in [0.15, 0.2) is 0 Å². The zero-order chi connectivity index (χ0) is 15.9. The molecule has 1 aromatic heterocycles. The molecular weight excluding hydrogens is 282 g/mol. The molecule has 0 radical (unpaired) electrons. The van der Waals surface area contributed by atoms with Crippen LogP contribution in [0.5, 0.6) is 0 Å². The Hall–Kier alpha value is -2.47. The van der Waals surface area contributed by atoms with Gasteiger partial charge >= 0.3 is 0 Å². The SMILES string of the molecule is CC(O)CCNC(=O)Cn1nc(-c2ccccc2)ccc1=O. The lowest BCUT2D eigenvalue weighted by Gasteiger charge is -2.09. The zero-order valence-corrected chi connectivity index (χ0v) is 12.4. The maximum atomic E-state index is 11.8. The molecule has 2 rings (SSSR count). The number of rotatable bonds is 6. The Morgan fingerprint density at radius 1 is 1.27 bits per heavy atom. The summed E-state index contributed by atoms with van der Waals surface area (Å²) < 4.78 is 1.14. The maximum Gasteiger partial charge on any atom is 0.267 e. The minimum Gasteiger partial charge on any atom is -0.393 e. The van der Waals surface area contributed by atoms with E-state index in [1.807, 2.05) is 30.3 Å². The third-order valence-electron chi connectivity index (χ3n) is 3.11. The van der Waals surface area contributed by atoms with Gasteiger partial charge in [-0.1, -0.05) is 30.3 Å². The van der Waals surface area contributed by atoms with Gasteiger partial charge in [-0.25, -0.2) is 4.68 Å². The molecule has 0 aliphatic carbocycles.